The van der Waals surface area contributed by atoms with Gasteiger partial charge in [-0.05, 0) is 55.0 Å². The van der Waals surface area contributed by atoms with Gasteiger partial charge in [0.1, 0.15) is 5.75 Å². The molecule has 132 valence electrons. The summed E-state index contributed by atoms with van der Waals surface area (Å²) in [6, 6.07) is 20.5. The minimum Gasteiger partial charge on any atom is -0.491 e. The molecule has 0 aromatic heterocycles. The first-order chi connectivity index (χ1) is 12.5. The van der Waals surface area contributed by atoms with Gasteiger partial charge in [-0.15, -0.1) is 0 Å². The van der Waals surface area contributed by atoms with E-state index in [1.807, 2.05) is 62.4 Å². The molecule has 3 rings (SSSR count). The molecule has 3 N–H and O–H groups in total. The minimum absolute atomic E-state index is 0.0829. The molecule has 5 nitrogen and oxygen atoms in total. The number of amides is 1. The Balaban J connectivity index is 1.67. The summed E-state index contributed by atoms with van der Waals surface area (Å²) in [6.45, 7) is 3.93. The van der Waals surface area contributed by atoms with Crippen molar-refractivity contribution in [2.75, 3.05) is 5.32 Å². The van der Waals surface area contributed by atoms with Gasteiger partial charge in [0.25, 0.3) is 5.91 Å². The molecule has 0 saturated carbocycles. The second kappa shape index (κ2) is 7.70. The maximum atomic E-state index is 12.5. The summed E-state index contributed by atoms with van der Waals surface area (Å²) in [5.74, 6) is 0.358. The van der Waals surface area contributed by atoms with E-state index < -0.39 is 0 Å². The molecule has 1 amide bonds. The highest BCUT2D eigenvalue weighted by Gasteiger charge is 2.11. The van der Waals surface area contributed by atoms with Crippen LogP contribution >= 0.6 is 0 Å². The number of rotatable bonds is 4. The lowest BCUT2D eigenvalue weighted by atomic mass is 10.0. The summed E-state index contributed by atoms with van der Waals surface area (Å²) < 4.78 is 5.59. The van der Waals surface area contributed by atoms with Crippen molar-refractivity contribution in [2.24, 2.45) is 0 Å². The molecule has 0 fully saturated rings. The standard InChI is InChI=1S/C21H21N3O2/c1-14(2)26-17-12-10-16(11-13-17)23-21(22)24-20(25)19-9-5-7-15-6-3-4-8-18(15)19/h3-14H,1-2H3,(H3,22,23,24,25). The fraction of sp³-hybridized carbons (Fsp3) is 0.143. The van der Waals surface area contributed by atoms with Crippen LogP contribution in [-0.2, 0) is 0 Å². The first kappa shape index (κ1) is 17.5. The third-order valence-corrected chi connectivity index (χ3v) is 3.77. The number of hydrogen-bond donors (Lipinski definition) is 3. The Morgan fingerprint density at radius 1 is 0.962 bits per heavy atom. The number of benzene rings is 3. The molecule has 0 bridgehead atoms. The summed E-state index contributed by atoms with van der Waals surface area (Å²) in [5, 5.41) is 15.3. The van der Waals surface area contributed by atoms with Crippen LogP contribution < -0.4 is 15.4 Å². The number of ether oxygens (including phenoxy) is 1. The summed E-state index contributed by atoms with van der Waals surface area (Å²) in [4.78, 5) is 12.5. The second-order valence-electron chi connectivity index (χ2n) is 6.17. The maximum Gasteiger partial charge on any atom is 0.258 e. The number of carbonyl (C=O) groups excluding carboxylic acids is 1. The lowest BCUT2D eigenvalue weighted by Gasteiger charge is -2.12. The Morgan fingerprint density at radius 3 is 2.38 bits per heavy atom. The molecule has 0 aliphatic heterocycles. The lowest BCUT2D eigenvalue weighted by Crippen LogP contribution is -2.35. The van der Waals surface area contributed by atoms with Gasteiger partial charge in [-0.25, -0.2) is 0 Å². The fourth-order valence-corrected chi connectivity index (χ4v) is 2.67. The third-order valence-electron chi connectivity index (χ3n) is 3.77. The fourth-order valence-electron chi connectivity index (χ4n) is 2.67. The maximum absolute atomic E-state index is 12.5. The van der Waals surface area contributed by atoms with E-state index in [1.54, 1.807) is 18.2 Å². The Morgan fingerprint density at radius 2 is 1.65 bits per heavy atom. The molecule has 0 unspecified atom stereocenters. The Bertz CT molecular complexity index is 928. The van der Waals surface area contributed by atoms with Gasteiger partial charge in [0.2, 0.25) is 0 Å². The van der Waals surface area contributed by atoms with Crippen LogP contribution in [0.15, 0.2) is 66.7 Å². The molecule has 3 aromatic rings. The second-order valence-corrected chi connectivity index (χ2v) is 6.17. The Hall–Kier alpha value is -3.34. The molecule has 3 aromatic carbocycles. The quantitative estimate of drug-likeness (QED) is 0.484. The van der Waals surface area contributed by atoms with Crippen molar-refractivity contribution in [1.82, 2.24) is 5.32 Å². The van der Waals surface area contributed by atoms with E-state index >= 15 is 0 Å². The van der Waals surface area contributed by atoms with Crippen LogP contribution in [0.4, 0.5) is 5.69 Å². The van der Waals surface area contributed by atoms with Crippen LogP contribution in [0.1, 0.15) is 24.2 Å². The third kappa shape index (κ3) is 4.19. The SMILES string of the molecule is CC(C)Oc1ccc(NC(=N)NC(=O)c2cccc3ccccc23)cc1. The van der Waals surface area contributed by atoms with Crippen molar-refractivity contribution in [2.45, 2.75) is 20.0 Å². The largest absolute Gasteiger partial charge is 0.491 e. The molecular weight excluding hydrogens is 326 g/mol. The van der Waals surface area contributed by atoms with E-state index in [1.165, 1.54) is 0 Å². The molecule has 0 aliphatic rings. The Kier molecular flexibility index (Phi) is 5.17. The van der Waals surface area contributed by atoms with Crippen molar-refractivity contribution in [3.8, 4) is 5.75 Å². The minimum atomic E-state index is -0.320. The molecule has 0 heterocycles. The molecule has 5 heteroatoms. The highest BCUT2D eigenvalue weighted by molar-refractivity contribution is 6.14. The van der Waals surface area contributed by atoms with Gasteiger partial charge in [0.05, 0.1) is 6.10 Å². The van der Waals surface area contributed by atoms with Gasteiger partial charge in [0.15, 0.2) is 5.96 Å². The summed E-state index contributed by atoms with van der Waals surface area (Å²) in [6.07, 6.45) is 0.104. The van der Waals surface area contributed by atoms with Crippen LogP contribution in [0.5, 0.6) is 5.75 Å². The highest BCUT2D eigenvalue weighted by atomic mass is 16.5. The van der Waals surface area contributed by atoms with Gasteiger partial charge in [0, 0.05) is 11.3 Å². The smallest absolute Gasteiger partial charge is 0.258 e. The molecule has 0 atom stereocenters. The van der Waals surface area contributed by atoms with Crippen molar-refractivity contribution in [3.05, 3.63) is 72.3 Å². The molecule has 26 heavy (non-hydrogen) atoms. The summed E-state index contributed by atoms with van der Waals surface area (Å²) in [7, 11) is 0. The average Bonchev–Trinajstić information content (AvgIpc) is 2.62. The molecule has 0 saturated heterocycles. The number of nitrogens with one attached hydrogen (secondary N) is 3. The molecule has 0 spiro atoms. The number of carbonyl (C=O) groups is 1. The van der Waals surface area contributed by atoms with Gasteiger partial charge in [-0.1, -0.05) is 36.4 Å². The van der Waals surface area contributed by atoms with Crippen LogP contribution in [0.2, 0.25) is 0 Å². The summed E-state index contributed by atoms with van der Waals surface area (Å²) in [5.41, 5.74) is 1.24. The van der Waals surface area contributed by atoms with Gasteiger partial charge in [-0.2, -0.15) is 0 Å². The van der Waals surface area contributed by atoms with E-state index in [9.17, 15) is 4.79 Å². The normalized spacial score (nSPS) is 10.6. The number of fused-ring (bicyclic) bond motifs is 1. The van der Waals surface area contributed by atoms with Crippen molar-refractivity contribution < 1.29 is 9.53 Å². The van der Waals surface area contributed by atoms with E-state index in [0.717, 1.165) is 16.5 Å². The highest BCUT2D eigenvalue weighted by Crippen LogP contribution is 2.19. The van der Waals surface area contributed by atoms with Gasteiger partial charge < -0.3 is 10.1 Å². The van der Waals surface area contributed by atoms with E-state index in [4.69, 9.17) is 10.1 Å². The first-order valence-electron chi connectivity index (χ1n) is 8.44. The first-order valence-corrected chi connectivity index (χ1v) is 8.44. The van der Waals surface area contributed by atoms with Crippen LogP contribution in [0.3, 0.4) is 0 Å². The van der Waals surface area contributed by atoms with Crippen molar-refractivity contribution >= 4 is 28.3 Å². The monoisotopic (exact) mass is 347 g/mol. The zero-order chi connectivity index (χ0) is 18.5. The average molecular weight is 347 g/mol. The van der Waals surface area contributed by atoms with Gasteiger partial charge in [-0.3, -0.25) is 15.5 Å². The predicted molar refractivity (Wildman–Crippen MR) is 105 cm³/mol. The lowest BCUT2D eigenvalue weighted by molar-refractivity contribution is 0.0978. The Labute approximate surface area is 152 Å². The summed E-state index contributed by atoms with van der Waals surface area (Å²) >= 11 is 0. The predicted octanol–water partition coefficient (Wildman–Crippen LogP) is 4.40. The molecular formula is C21H21N3O2. The van der Waals surface area contributed by atoms with Crippen molar-refractivity contribution in [3.63, 3.8) is 0 Å². The van der Waals surface area contributed by atoms with Gasteiger partial charge >= 0.3 is 0 Å². The van der Waals surface area contributed by atoms with Crippen LogP contribution in [0, 0.1) is 5.41 Å². The zero-order valence-corrected chi connectivity index (χ0v) is 14.7. The van der Waals surface area contributed by atoms with E-state index in [2.05, 4.69) is 10.6 Å². The number of hydrogen-bond acceptors (Lipinski definition) is 3. The van der Waals surface area contributed by atoms with Crippen LogP contribution in [0.25, 0.3) is 10.8 Å². The molecule has 0 radical (unpaired) electrons. The zero-order valence-electron chi connectivity index (χ0n) is 14.7. The molecule has 0 aliphatic carbocycles. The number of anilines is 1. The topological polar surface area (TPSA) is 74.2 Å². The van der Waals surface area contributed by atoms with Crippen LogP contribution in [-0.4, -0.2) is 18.0 Å². The number of guanidine groups is 1. The van der Waals surface area contributed by atoms with E-state index in [0.29, 0.717) is 11.3 Å². The van der Waals surface area contributed by atoms with E-state index in [-0.39, 0.29) is 18.0 Å². The van der Waals surface area contributed by atoms with Crippen molar-refractivity contribution in [1.29, 1.82) is 5.41 Å².